The maximum atomic E-state index is 11.0. The summed E-state index contributed by atoms with van der Waals surface area (Å²) in [5.41, 5.74) is 0. The van der Waals surface area contributed by atoms with Gasteiger partial charge in [-0.3, -0.25) is 0 Å². The van der Waals surface area contributed by atoms with Crippen LogP contribution in [0.2, 0.25) is 0 Å². The van der Waals surface area contributed by atoms with Crippen molar-refractivity contribution >= 4 is 0 Å². The van der Waals surface area contributed by atoms with Crippen LogP contribution in [0, 0.1) is 13.2 Å². The van der Waals surface area contributed by atoms with Gasteiger partial charge in [-0.1, -0.05) is 0 Å². The van der Waals surface area contributed by atoms with Crippen molar-refractivity contribution in [3.8, 4) is 0 Å². The van der Waals surface area contributed by atoms with E-state index in [9.17, 15) is 8.78 Å². The van der Waals surface area contributed by atoms with E-state index in [4.69, 9.17) is 0 Å². The third-order valence-electron chi connectivity index (χ3n) is 0.228. The molecule has 0 aromatic carbocycles. The number of hydrogen-bond acceptors (Lipinski definition) is 0. The Morgan fingerprint density at radius 2 is 1.17 bits per heavy atom. The van der Waals surface area contributed by atoms with Gasteiger partial charge >= 0.3 is 0 Å². The molecule has 0 atom stereocenters. The number of halogens is 2. The topological polar surface area (TPSA) is 0 Å². The normalized spacial score (nSPS) is 7.67. The van der Waals surface area contributed by atoms with Gasteiger partial charge in [-0.15, -0.1) is 0 Å². The van der Waals surface area contributed by atoms with Crippen LogP contribution in [0.4, 0.5) is 8.78 Å². The smallest absolute Gasteiger partial charge is 0.158 e. The Hall–Kier alpha value is -0.660. The van der Waals surface area contributed by atoms with Crippen LogP contribution in [0.1, 0.15) is 0 Å². The molecule has 0 aliphatic carbocycles. The Labute approximate surface area is 34.8 Å². The summed E-state index contributed by atoms with van der Waals surface area (Å²) in [5, 5.41) is 0. The minimum atomic E-state index is -1.46. The molecule has 2 heteroatoms. The van der Waals surface area contributed by atoms with Gasteiger partial charge in [-0.05, 0) is 13.2 Å². The molecule has 0 unspecified atom stereocenters. The lowest BCUT2D eigenvalue weighted by atomic mass is 10.6. The summed E-state index contributed by atoms with van der Waals surface area (Å²) in [6.45, 7) is 8.30. The monoisotopic (exact) mass is 88.0 g/mol. The van der Waals surface area contributed by atoms with Crippen molar-refractivity contribution < 1.29 is 8.78 Å². The molecule has 0 saturated heterocycles. The van der Waals surface area contributed by atoms with Gasteiger partial charge < -0.3 is 0 Å². The fourth-order valence-corrected chi connectivity index (χ4v) is 0. The summed E-state index contributed by atoms with van der Waals surface area (Å²) in [7, 11) is 0. The van der Waals surface area contributed by atoms with Crippen LogP contribution in [0.5, 0.6) is 0 Å². The van der Waals surface area contributed by atoms with Crippen molar-refractivity contribution in [3.05, 3.63) is 24.8 Å². The average molecular weight is 88.1 g/mol. The van der Waals surface area contributed by atoms with Crippen LogP contribution in [0.15, 0.2) is 11.7 Å². The van der Waals surface area contributed by atoms with Gasteiger partial charge in [0, 0.05) is 0 Å². The first-order valence-corrected chi connectivity index (χ1v) is 1.21. The second-order valence-electron chi connectivity index (χ2n) is 0.696. The molecule has 6 heavy (non-hydrogen) atoms. The van der Waals surface area contributed by atoms with E-state index in [2.05, 4.69) is 13.2 Å². The molecule has 0 rings (SSSR count). The predicted octanol–water partition coefficient (Wildman–Crippen LogP) is 1.56. The molecule has 0 aromatic heterocycles. The van der Waals surface area contributed by atoms with E-state index < -0.39 is 11.7 Å². The Morgan fingerprint density at radius 3 is 1.17 bits per heavy atom. The minimum Gasteiger partial charge on any atom is -0.204 e. The molecule has 0 N–H and O–H groups in total. The van der Waals surface area contributed by atoms with Crippen molar-refractivity contribution in [1.29, 1.82) is 0 Å². The minimum absolute atomic E-state index is 1.46. The van der Waals surface area contributed by atoms with Gasteiger partial charge in [0.2, 0.25) is 0 Å². The van der Waals surface area contributed by atoms with Crippen molar-refractivity contribution in [3.63, 3.8) is 0 Å². The van der Waals surface area contributed by atoms with E-state index in [0.717, 1.165) is 0 Å². The van der Waals surface area contributed by atoms with Crippen LogP contribution in [-0.4, -0.2) is 0 Å². The highest BCUT2D eigenvalue weighted by Gasteiger charge is 1.90. The van der Waals surface area contributed by atoms with Gasteiger partial charge in [0.05, 0.1) is 0 Å². The van der Waals surface area contributed by atoms with Crippen molar-refractivity contribution in [2.45, 2.75) is 0 Å². The molecule has 0 nitrogen and oxygen atoms in total. The van der Waals surface area contributed by atoms with Crippen molar-refractivity contribution in [2.24, 2.45) is 0 Å². The maximum absolute atomic E-state index is 11.0. The van der Waals surface area contributed by atoms with E-state index in [-0.39, 0.29) is 0 Å². The zero-order chi connectivity index (χ0) is 5.15. The second-order valence-corrected chi connectivity index (χ2v) is 0.696. The summed E-state index contributed by atoms with van der Waals surface area (Å²) < 4.78 is 22.0. The molecule has 0 saturated carbocycles. The van der Waals surface area contributed by atoms with E-state index in [1.807, 2.05) is 0 Å². The molecular formula is C4H2F2. The van der Waals surface area contributed by atoms with E-state index in [0.29, 0.717) is 0 Å². The van der Waals surface area contributed by atoms with Gasteiger partial charge in [0.15, 0.2) is 11.7 Å². The lowest BCUT2D eigenvalue weighted by Crippen LogP contribution is -1.63. The van der Waals surface area contributed by atoms with E-state index >= 15 is 0 Å². The number of allylic oxidation sites excluding steroid dienone is 2. The summed E-state index contributed by atoms with van der Waals surface area (Å²) in [6, 6.07) is 0. The standard InChI is InChI=1S/C4H2F2/c1-3(5)4(2)6/h1-2H. The van der Waals surface area contributed by atoms with Gasteiger partial charge in [0.25, 0.3) is 0 Å². The first-order valence-electron chi connectivity index (χ1n) is 1.21. The van der Waals surface area contributed by atoms with Crippen LogP contribution in [0.25, 0.3) is 0 Å². The molecule has 0 aromatic rings. The maximum Gasteiger partial charge on any atom is 0.158 e. The quantitative estimate of drug-likeness (QED) is 0.426. The summed E-state index contributed by atoms with van der Waals surface area (Å²) >= 11 is 0. The molecule has 0 heterocycles. The average Bonchev–Trinajstić information content (AvgIpc) is 1.36. The van der Waals surface area contributed by atoms with E-state index in [1.54, 1.807) is 0 Å². The molecule has 0 aliphatic rings. The van der Waals surface area contributed by atoms with Crippen LogP contribution >= 0.6 is 0 Å². The molecule has 0 aliphatic heterocycles. The zero-order valence-corrected chi connectivity index (χ0v) is 2.91. The third-order valence-corrected chi connectivity index (χ3v) is 0.228. The highest BCUT2D eigenvalue weighted by atomic mass is 19.2. The van der Waals surface area contributed by atoms with Crippen LogP contribution < -0.4 is 0 Å². The van der Waals surface area contributed by atoms with Crippen molar-refractivity contribution in [2.75, 3.05) is 0 Å². The fourth-order valence-electron chi connectivity index (χ4n) is 0. The predicted molar refractivity (Wildman–Crippen MR) is 17.8 cm³/mol. The first-order chi connectivity index (χ1) is 2.64. The number of rotatable bonds is 1. The molecular weight excluding hydrogens is 86.0 g/mol. The van der Waals surface area contributed by atoms with Crippen LogP contribution in [0.3, 0.4) is 0 Å². The molecule has 0 spiro atoms. The fraction of sp³-hybridized carbons (Fsp3) is 0. The van der Waals surface area contributed by atoms with E-state index in [1.165, 1.54) is 0 Å². The van der Waals surface area contributed by atoms with Crippen LogP contribution in [-0.2, 0) is 0 Å². The Bertz CT molecular complexity index is 71.5. The van der Waals surface area contributed by atoms with Gasteiger partial charge in [-0.25, -0.2) is 8.78 Å². The molecule has 0 amide bonds. The highest BCUT2D eigenvalue weighted by Crippen LogP contribution is 2.03. The second kappa shape index (κ2) is 1.70. The SMILES string of the molecule is [CH]=C(F)C(=[CH])F. The number of hydrogen-bond donors (Lipinski definition) is 0. The Kier molecular flexibility index (Phi) is 1.51. The van der Waals surface area contributed by atoms with Gasteiger partial charge in [-0.2, -0.15) is 0 Å². The molecule has 2 radical (unpaired) electrons. The molecule has 32 valence electrons. The van der Waals surface area contributed by atoms with Gasteiger partial charge in [0.1, 0.15) is 0 Å². The largest absolute Gasteiger partial charge is 0.204 e. The summed E-state index contributed by atoms with van der Waals surface area (Å²) in [5.74, 6) is -2.93. The first kappa shape index (κ1) is 5.34. The van der Waals surface area contributed by atoms with Crippen molar-refractivity contribution in [1.82, 2.24) is 0 Å². The Balaban J connectivity index is 3.57. The lowest BCUT2D eigenvalue weighted by Gasteiger charge is -1.77. The molecule has 0 fully saturated rings. The summed E-state index contributed by atoms with van der Waals surface area (Å²) in [4.78, 5) is 0. The zero-order valence-electron chi connectivity index (χ0n) is 2.91. The third kappa shape index (κ3) is 1.64. The highest BCUT2D eigenvalue weighted by molar-refractivity contribution is 5.05. The Morgan fingerprint density at radius 1 is 1.00 bits per heavy atom. The molecule has 0 bridgehead atoms. The lowest BCUT2D eigenvalue weighted by molar-refractivity contribution is 0.547. The summed E-state index contributed by atoms with van der Waals surface area (Å²) in [6.07, 6.45) is 0.